The van der Waals surface area contributed by atoms with Crippen LogP contribution in [0.25, 0.3) is 22.4 Å². The summed E-state index contributed by atoms with van der Waals surface area (Å²) >= 11 is 0. The van der Waals surface area contributed by atoms with Gasteiger partial charge < -0.3 is 19.7 Å². The van der Waals surface area contributed by atoms with Crippen molar-refractivity contribution in [2.75, 3.05) is 25.0 Å². The molecule has 1 saturated heterocycles. The highest BCUT2D eigenvalue weighted by Crippen LogP contribution is 2.32. The number of hydrogen-bond acceptors (Lipinski definition) is 8. The zero-order chi connectivity index (χ0) is 34.2. The number of anilines is 2. The molecule has 0 saturated carbocycles. The number of ether oxygens (including phenoxy) is 2. The molecule has 250 valence electrons. The second kappa shape index (κ2) is 13.2. The smallest absolute Gasteiger partial charge is 0.410 e. The average Bonchev–Trinajstić information content (AvgIpc) is 3.36. The third kappa shape index (κ3) is 7.07. The van der Waals surface area contributed by atoms with Crippen LogP contribution in [0.2, 0.25) is 0 Å². The highest BCUT2D eigenvalue weighted by Gasteiger charge is 2.34. The molecule has 4 heterocycles. The van der Waals surface area contributed by atoms with Crippen molar-refractivity contribution in [3.05, 3.63) is 88.9 Å². The molecule has 2 aromatic carbocycles. The lowest BCUT2D eigenvalue weighted by Crippen LogP contribution is -2.52. The van der Waals surface area contributed by atoms with E-state index < -0.39 is 17.2 Å². The highest BCUT2D eigenvalue weighted by molar-refractivity contribution is 5.92. The summed E-state index contributed by atoms with van der Waals surface area (Å²) in [5.41, 5.74) is 4.01. The number of nitrogens with zero attached hydrogens (tertiary/aromatic N) is 6. The van der Waals surface area contributed by atoms with Gasteiger partial charge in [0, 0.05) is 65.5 Å². The van der Waals surface area contributed by atoms with Crippen molar-refractivity contribution in [1.82, 2.24) is 29.6 Å². The first-order chi connectivity index (χ1) is 22.9. The molecule has 3 aromatic heterocycles. The molecule has 6 rings (SSSR count). The summed E-state index contributed by atoms with van der Waals surface area (Å²) in [4.78, 5) is 28.3. The van der Waals surface area contributed by atoms with Crippen molar-refractivity contribution < 1.29 is 23.0 Å². The zero-order valence-electron chi connectivity index (χ0n) is 28.0. The third-order valence-corrected chi connectivity index (χ3v) is 8.08. The van der Waals surface area contributed by atoms with Crippen LogP contribution in [0, 0.1) is 31.4 Å². The summed E-state index contributed by atoms with van der Waals surface area (Å²) in [6.07, 6.45) is 3.90. The fourth-order valence-electron chi connectivity index (χ4n) is 5.70. The largest absolute Gasteiger partial charge is 0.494 e. The number of halogens is 2. The lowest BCUT2D eigenvalue weighted by atomic mass is 9.93. The summed E-state index contributed by atoms with van der Waals surface area (Å²) in [5, 5.41) is 9.02. The van der Waals surface area contributed by atoms with Gasteiger partial charge in [-0.25, -0.2) is 23.5 Å². The van der Waals surface area contributed by atoms with Gasteiger partial charge in [-0.2, -0.15) is 5.10 Å². The second-order valence-electron chi connectivity index (χ2n) is 13.1. The summed E-state index contributed by atoms with van der Waals surface area (Å²) < 4.78 is 42.5. The van der Waals surface area contributed by atoms with Gasteiger partial charge in [-0.05, 0) is 71.6 Å². The van der Waals surface area contributed by atoms with E-state index in [2.05, 4.69) is 10.3 Å². The topological polar surface area (TPSA) is 107 Å². The van der Waals surface area contributed by atoms with Crippen molar-refractivity contribution in [1.29, 1.82) is 0 Å². The fraction of sp³-hybridized carbons (Fsp3) is 0.361. The molecule has 10 nitrogen and oxygen atoms in total. The molecule has 5 aromatic rings. The molecule has 1 fully saturated rings. The van der Waals surface area contributed by atoms with Gasteiger partial charge in [0.25, 0.3) is 0 Å². The van der Waals surface area contributed by atoms with E-state index in [9.17, 15) is 4.79 Å². The molecule has 0 spiro atoms. The Bertz CT molecular complexity index is 1960. The molecule has 0 aliphatic carbocycles. The number of carbonyl (C=O) groups excluding carboxylic acids is 1. The molecule has 1 N–H and O–H groups in total. The molecule has 0 unspecified atom stereocenters. The Kier molecular flexibility index (Phi) is 9.00. The lowest BCUT2D eigenvalue weighted by Gasteiger charge is -2.40. The Labute approximate surface area is 278 Å². The van der Waals surface area contributed by atoms with E-state index >= 15 is 8.78 Å². The molecule has 12 heteroatoms. The molecular weight excluding hydrogens is 616 g/mol. The number of rotatable bonds is 9. The van der Waals surface area contributed by atoms with E-state index in [4.69, 9.17) is 24.5 Å². The fourth-order valence-corrected chi connectivity index (χ4v) is 5.70. The van der Waals surface area contributed by atoms with Gasteiger partial charge in [0.05, 0.1) is 18.7 Å². The summed E-state index contributed by atoms with van der Waals surface area (Å²) in [7, 11) is 0. The number of likely N-dealkylation sites (tertiary alicyclic amines) is 1. The van der Waals surface area contributed by atoms with Crippen molar-refractivity contribution in [3.63, 3.8) is 0 Å². The SMILES string of the molecule is CCOc1cc(F)c(Cn2nc(-c3ncc(CC4CN(C(=O)OC(C)(C)C)C4)c(Nc4cc(C)ncc4C)n3)c3ccccc32)c(F)c1. The number of pyridine rings is 1. The molecule has 0 atom stereocenters. The summed E-state index contributed by atoms with van der Waals surface area (Å²) in [6, 6.07) is 11.8. The van der Waals surface area contributed by atoms with E-state index in [1.807, 2.05) is 65.0 Å². The Morgan fingerprint density at radius 1 is 1.04 bits per heavy atom. The Hall–Kier alpha value is -5.13. The minimum atomic E-state index is -0.712. The monoisotopic (exact) mass is 655 g/mol. The van der Waals surface area contributed by atoms with Gasteiger partial charge in [-0.3, -0.25) is 9.67 Å². The molecule has 0 bridgehead atoms. The predicted molar refractivity (Wildman–Crippen MR) is 179 cm³/mol. The van der Waals surface area contributed by atoms with Gasteiger partial charge >= 0.3 is 6.09 Å². The second-order valence-corrected chi connectivity index (χ2v) is 13.1. The van der Waals surface area contributed by atoms with Crippen LogP contribution >= 0.6 is 0 Å². The summed E-state index contributed by atoms with van der Waals surface area (Å²) in [6.45, 7) is 12.5. The first kappa shape index (κ1) is 32.8. The van der Waals surface area contributed by atoms with Crippen molar-refractivity contribution in [2.24, 2.45) is 5.92 Å². The number of amides is 1. The van der Waals surface area contributed by atoms with Gasteiger partial charge in [0.2, 0.25) is 0 Å². The van der Waals surface area contributed by atoms with Crippen LogP contribution in [0.4, 0.5) is 25.1 Å². The molecule has 1 aliphatic heterocycles. The van der Waals surface area contributed by atoms with E-state index in [0.717, 1.165) is 27.9 Å². The van der Waals surface area contributed by atoms with Gasteiger partial charge in [-0.15, -0.1) is 0 Å². The van der Waals surface area contributed by atoms with Crippen LogP contribution in [-0.4, -0.2) is 61.0 Å². The highest BCUT2D eigenvalue weighted by atomic mass is 19.1. The maximum atomic E-state index is 15.1. The number of para-hydroxylation sites is 1. The van der Waals surface area contributed by atoms with Gasteiger partial charge in [0.15, 0.2) is 5.82 Å². The van der Waals surface area contributed by atoms with Crippen LogP contribution in [0.1, 0.15) is 50.1 Å². The van der Waals surface area contributed by atoms with E-state index in [1.165, 1.54) is 12.1 Å². The first-order valence-electron chi connectivity index (χ1n) is 16.0. The van der Waals surface area contributed by atoms with Crippen LogP contribution in [-0.2, 0) is 17.7 Å². The summed E-state index contributed by atoms with van der Waals surface area (Å²) in [5.74, 6) is -0.128. The number of carbonyl (C=O) groups is 1. The van der Waals surface area contributed by atoms with Crippen LogP contribution in [0.15, 0.2) is 54.9 Å². The van der Waals surface area contributed by atoms with Gasteiger partial charge in [-0.1, -0.05) is 18.2 Å². The molecular formula is C36H39F2N7O3. The molecule has 0 radical (unpaired) electrons. The Morgan fingerprint density at radius 2 is 1.77 bits per heavy atom. The maximum absolute atomic E-state index is 15.1. The minimum Gasteiger partial charge on any atom is -0.494 e. The van der Waals surface area contributed by atoms with Crippen LogP contribution < -0.4 is 10.1 Å². The van der Waals surface area contributed by atoms with Crippen molar-refractivity contribution >= 4 is 28.5 Å². The lowest BCUT2D eigenvalue weighted by molar-refractivity contribution is -0.000871. The quantitative estimate of drug-likeness (QED) is 0.175. The number of benzene rings is 2. The standard InChI is InChI=1S/C36H39F2N7O3/c1-7-47-25-14-28(37)27(29(38)15-25)20-45-31-11-9-8-10-26(31)32(43-45)34-40-17-24(13-23-18-44(19-23)35(46)48-36(4,5)6)33(42-34)41-30-12-22(3)39-16-21(30)2/h8-12,14-17,23H,7,13,18-20H2,1-6H3,(H,39,40,41,42). The maximum Gasteiger partial charge on any atom is 0.410 e. The number of fused-ring (bicyclic) bond motifs is 1. The number of aryl methyl sites for hydroxylation is 2. The van der Waals surface area contributed by atoms with Crippen molar-refractivity contribution in [3.8, 4) is 17.3 Å². The van der Waals surface area contributed by atoms with Crippen LogP contribution in [0.5, 0.6) is 5.75 Å². The predicted octanol–water partition coefficient (Wildman–Crippen LogP) is 7.38. The average molecular weight is 656 g/mol. The number of aromatic nitrogens is 5. The van der Waals surface area contributed by atoms with Gasteiger partial charge in [0.1, 0.15) is 34.5 Å². The van der Waals surface area contributed by atoms with E-state index in [0.29, 0.717) is 49.0 Å². The Morgan fingerprint density at radius 3 is 2.48 bits per heavy atom. The molecule has 1 aliphatic rings. The normalized spacial score (nSPS) is 13.5. The van der Waals surface area contributed by atoms with Crippen molar-refractivity contribution in [2.45, 2.75) is 60.1 Å². The number of hydrogen-bond donors (Lipinski definition) is 1. The third-order valence-electron chi connectivity index (χ3n) is 8.08. The number of nitrogens with one attached hydrogen (secondary N) is 1. The first-order valence-corrected chi connectivity index (χ1v) is 16.0. The minimum absolute atomic E-state index is 0.124. The van der Waals surface area contributed by atoms with E-state index in [1.54, 1.807) is 28.9 Å². The van der Waals surface area contributed by atoms with E-state index in [-0.39, 0.29) is 29.9 Å². The van der Waals surface area contributed by atoms with Crippen LogP contribution in [0.3, 0.4) is 0 Å². The Balaban J connectivity index is 1.34. The molecule has 48 heavy (non-hydrogen) atoms. The zero-order valence-corrected chi connectivity index (χ0v) is 28.0. The molecule has 1 amide bonds.